The molecule has 0 saturated carbocycles. The molecule has 312 valence electrons. The van der Waals surface area contributed by atoms with Gasteiger partial charge in [0.05, 0.1) is 41.5 Å². The van der Waals surface area contributed by atoms with Crippen molar-refractivity contribution >= 4 is 5.97 Å². The average Bonchev–Trinajstić information content (AvgIpc) is 3.05. The van der Waals surface area contributed by atoms with E-state index in [2.05, 4.69) is 0 Å². The molecule has 14 heteroatoms. The number of methoxy groups -OCH3 is 1. The van der Waals surface area contributed by atoms with E-state index in [9.17, 15) is 30.3 Å². The molecule has 3 saturated heterocycles. The lowest BCUT2D eigenvalue weighted by Gasteiger charge is -2.53. The molecule has 0 aromatic rings. The van der Waals surface area contributed by atoms with Crippen LogP contribution >= 0.6 is 0 Å². The van der Waals surface area contributed by atoms with Gasteiger partial charge >= 0.3 is 5.97 Å². The van der Waals surface area contributed by atoms with Gasteiger partial charge < -0.3 is 63.8 Å². The predicted octanol–water partition coefficient (Wildman–Crippen LogP) is 2.29. The van der Waals surface area contributed by atoms with Crippen molar-refractivity contribution in [2.75, 3.05) is 34.8 Å². The molecule has 0 aliphatic carbocycles. The number of aliphatic hydroxyl groups excluding tert-OH is 2. The van der Waals surface area contributed by atoms with E-state index < -0.39 is 95.5 Å². The number of nitrogens with zero attached hydrogens (tertiary/aromatic N) is 2. The number of ether oxygens (including phenoxy) is 6. The third kappa shape index (κ3) is 9.93. The highest BCUT2D eigenvalue weighted by molar-refractivity contribution is 5.73. The smallest absolute Gasteiger partial charge is 0.311 e. The first-order valence-corrected chi connectivity index (χ1v) is 19.5. The summed E-state index contributed by atoms with van der Waals surface area (Å²) < 4.78 is 38.1. The first-order valence-electron chi connectivity index (χ1n) is 19.5. The summed E-state index contributed by atoms with van der Waals surface area (Å²) in [6.45, 7) is 19.6. The number of cyclic esters (lactones) is 1. The zero-order chi connectivity index (χ0) is 40.6. The Bertz CT molecular complexity index is 1190. The van der Waals surface area contributed by atoms with Gasteiger partial charge in [-0.15, -0.1) is 0 Å². The molecule has 0 unspecified atom stereocenters. The van der Waals surface area contributed by atoms with Gasteiger partial charge in [0.1, 0.15) is 29.5 Å². The van der Waals surface area contributed by atoms with Crippen LogP contribution in [0.15, 0.2) is 0 Å². The molecule has 0 aromatic heterocycles. The van der Waals surface area contributed by atoms with Crippen LogP contribution in [0.3, 0.4) is 0 Å². The second-order valence-corrected chi connectivity index (χ2v) is 17.8. The van der Waals surface area contributed by atoms with Crippen molar-refractivity contribution in [3.05, 3.63) is 0 Å². The lowest BCUT2D eigenvalue weighted by Crippen LogP contribution is -2.67. The van der Waals surface area contributed by atoms with E-state index in [0.717, 1.165) is 0 Å². The monoisotopic (exact) mass is 763 g/mol. The Kier molecular flexibility index (Phi) is 15.4. The Hall–Kier alpha value is -1.01. The molecule has 3 fully saturated rings. The van der Waals surface area contributed by atoms with Crippen LogP contribution in [0.1, 0.15) is 102 Å². The van der Waals surface area contributed by atoms with Crippen molar-refractivity contribution in [1.29, 1.82) is 0 Å². The van der Waals surface area contributed by atoms with Gasteiger partial charge in [-0.3, -0.25) is 4.79 Å². The maximum atomic E-state index is 14.3. The minimum atomic E-state index is -1.82. The summed E-state index contributed by atoms with van der Waals surface area (Å²) in [6.07, 6.45) is -7.37. The van der Waals surface area contributed by atoms with E-state index in [1.54, 1.807) is 48.5 Å². The second-order valence-electron chi connectivity index (χ2n) is 17.8. The molecule has 0 radical (unpaired) electrons. The van der Waals surface area contributed by atoms with Crippen molar-refractivity contribution in [1.82, 2.24) is 9.80 Å². The predicted molar refractivity (Wildman–Crippen MR) is 199 cm³/mol. The number of carbonyl (C=O) groups excluding carboxylic acids is 1. The van der Waals surface area contributed by atoms with Crippen LogP contribution in [0.5, 0.6) is 0 Å². The molecule has 0 amide bonds. The van der Waals surface area contributed by atoms with Crippen LogP contribution in [-0.2, 0) is 33.2 Å². The van der Waals surface area contributed by atoms with Crippen molar-refractivity contribution < 1.29 is 58.7 Å². The normalized spacial score (nSPS) is 50.3. The Morgan fingerprint density at radius 1 is 0.925 bits per heavy atom. The molecule has 3 heterocycles. The lowest BCUT2D eigenvalue weighted by molar-refractivity contribution is -0.357. The van der Waals surface area contributed by atoms with E-state index in [4.69, 9.17) is 28.4 Å². The Morgan fingerprint density at radius 2 is 1.53 bits per heavy atom. The standard InChI is InChI=1S/C39H74N2O12/c1-16-28-38(10,47)31(43)26(7)41(14)20-21(2)18-36(8,45)32(53-34-29(42)27(40(12)13)17-22(3)49-34)24(5)30(25(6)33(44)51-28)52-35-39(11,48-15)37(9,46)19-23(4)50-35/h21-32,34-35,42-43,45-47H,16-20H2,1-15H3/t21-,22-,23+,24+,25-,26-,27+,28-,29-,30+,31-,32-,34+,35+,36-,37-,38-,39-/m1/s1. The highest BCUT2D eigenvalue weighted by Crippen LogP contribution is 2.44. The average molecular weight is 763 g/mol. The Labute approximate surface area is 318 Å². The fraction of sp³-hybridized carbons (Fsp3) is 0.974. The summed E-state index contributed by atoms with van der Waals surface area (Å²) in [5.41, 5.74) is -6.18. The van der Waals surface area contributed by atoms with Gasteiger partial charge in [-0.1, -0.05) is 20.8 Å². The molecule has 3 aliphatic rings. The van der Waals surface area contributed by atoms with Gasteiger partial charge in [0, 0.05) is 38.1 Å². The maximum absolute atomic E-state index is 14.3. The molecule has 14 nitrogen and oxygen atoms in total. The molecule has 3 rings (SSSR count). The summed E-state index contributed by atoms with van der Waals surface area (Å²) in [6, 6.07) is -0.830. The quantitative estimate of drug-likeness (QED) is 0.239. The van der Waals surface area contributed by atoms with Crippen molar-refractivity contribution in [3.63, 3.8) is 0 Å². The molecular weight excluding hydrogens is 688 g/mol. The molecule has 0 spiro atoms. The van der Waals surface area contributed by atoms with Crippen LogP contribution in [0.2, 0.25) is 0 Å². The second kappa shape index (κ2) is 17.6. The summed E-state index contributed by atoms with van der Waals surface area (Å²) in [4.78, 5) is 18.1. The van der Waals surface area contributed by atoms with Crippen molar-refractivity contribution in [3.8, 4) is 0 Å². The van der Waals surface area contributed by atoms with E-state index in [1.165, 1.54) is 14.0 Å². The number of rotatable bonds is 7. The zero-order valence-electron chi connectivity index (χ0n) is 35.1. The summed E-state index contributed by atoms with van der Waals surface area (Å²) in [5.74, 6) is -2.73. The fourth-order valence-corrected chi connectivity index (χ4v) is 8.99. The molecule has 0 bridgehead atoms. The van der Waals surface area contributed by atoms with Crippen LogP contribution < -0.4 is 0 Å². The minimum absolute atomic E-state index is 0.158. The number of carbonyl (C=O) groups is 1. The minimum Gasteiger partial charge on any atom is -0.459 e. The van der Waals surface area contributed by atoms with E-state index in [1.807, 2.05) is 51.7 Å². The summed E-state index contributed by atoms with van der Waals surface area (Å²) >= 11 is 0. The molecular formula is C39H74N2O12. The highest BCUT2D eigenvalue weighted by Gasteiger charge is 2.58. The van der Waals surface area contributed by atoms with Gasteiger partial charge in [0.25, 0.3) is 0 Å². The number of aliphatic hydroxyl groups is 5. The van der Waals surface area contributed by atoms with Gasteiger partial charge in [0.15, 0.2) is 12.6 Å². The fourth-order valence-electron chi connectivity index (χ4n) is 8.99. The molecule has 5 N–H and O–H groups in total. The first kappa shape index (κ1) is 46.4. The van der Waals surface area contributed by atoms with Crippen molar-refractivity contribution in [2.45, 2.75) is 192 Å². The van der Waals surface area contributed by atoms with E-state index >= 15 is 0 Å². The highest BCUT2D eigenvalue weighted by atomic mass is 16.7. The summed E-state index contributed by atoms with van der Waals surface area (Å²) in [7, 11) is 7.06. The van der Waals surface area contributed by atoms with Crippen molar-refractivity contribution in [2.24, 2.45) is 17.8 Å². The third-order valence-corrected chi connectivity index (χ3v) is 12.7. The molecule has 18 atom stereocenters. The Balaban J connectivity index is 2.23. The van der Waals surface area contributed by atoms with Gasteiger partial charge in [0.2, 0.25) is 0 Å². The topological polar surface area (TPSA) is 180 Å². The molecule has 0 aromatic carbocycles. The lowest BCUT2D eigenvalue weighted by atomic mass is 9.76. The van der Waals surface area contributed by atoms with Crippen LogP contribution in [-0.4, -0.2) is 166 Å². The maximum Gasteiger partial charge on any atom is 0.311 e. The largest absolute Gasteiger partial charge is 0.459 e. The third-order valence-electron chi connectivity index (χ3n) is 12.7. The van der Waals surface area contributed by atoms with Crippen LogP contribution in [0.4, 0.5) is 0 Å². The summed E-state index contributed by atoms with van der Waals surface area (Å²) in [5, 5.41) is 59.0. The van der Waals surface area contributed by atoms with Gasteiger partial charge in [-0.2, -0.15) is 0 Å². The van der Waals surface area contributed by atoms with E-state index in [-0.39, 0.29) is 37.3 Å². The molecule has 53 heavy (non-hydrogen) atoms. The Morgan fingerprint density at radius 3 is 2.08 bits per heavy atom. The van der Waals surface area contributed by atoms with Gasteiger partial charge in [-0.05, 0) is 102 Å². The first-order chi connectivity index (χ1) is 24.2. The zero-order valence-corrected chi connectivity index (χ0v) is 35.1. The number of hydrogen-bond donors (Lipinski definition) is 5. The van der Waals surface area contributed by atoms with Crippen LogP contribution in [0.25, 0.3) is 0 Å². The van der Waals surface area contributed by atoms with Crippen LogP contribution in [0, 0.1) is 17.8 Å². The molecule has 3 aliphatic heterocycles. The SMILES string of the molecule is CC[C@H]1OC(=O)[C@H](C)[C@@H](O[C@@H]2O[C@@H](C)C[C@@](C)(O)[C@]2(C)OC)[C@H](C)[C@@H](O[C@@H]2O[C@H](C)C[C@H](N(C)C)[C@H]2O)[C@](C)(O)C[C@@H](C)CN(C)[C@H](C)[C@@H](O)[C@]1(C)O. The number of hydrogen-bond acceptors (Lipinski definition) is 14. The number of likely N-dealkylation sites (N-methyl/N-ethyl adjacent to an activating group) is 2. The number of esters is 1. The van der Waals surface area contributed by atoms with E-state index in [0.29, 0.717) is 13.0 Å². The van der Waals surface area contributed by atoms with Gasteiger partial charge in [-0.25, -0.2) is 0 Å².